The summed E-state index contributed by atoms with van der Waals surface area (Å²) in [6.07, 6.45) is 1.55. The van der Waals surface area contributed by atoms with Crippen LogP contribution in [0, 0.1) is 0 Å². The van der Waals surface area contributed by atoms with Crippen molar-refractivity contribution < 1.29 is 18.8 Å². The van der Waals surface area contributed by atoms with Gasteiger partial charge < -0.3 is 24.7 Å². The van der Waals surface area contributed by atoms with E-state index in [9.17, 15) is 4.79 Å². The van der Waals surface area contributed by atoms with Gasteiger partial charge in [0.1, 0.15) is 6.61 Å². The molecule has 7 heteroatoms. The largest absolute Gasteiger partial charge is 0.492 e. The van der Waals surface area contributed by atoms with Crippen LogP contribution >= 0.6 is 0 Å². The Morgan fingerprint density at radius 3 is 2.03 bits per heavy atom. The molecule has 1 aliphatic carbocycles. The van der Waals surface area contributed by atoms with Gasteiger partial charge in [0, 0.05) is 19.0 Å². The first-order valence-electron chi connectivity index (χ1n) is 13.6. The maximum Gasteiger partial charge on any atom is 0.492 e. The van der Waals surface area contributed by atoms with Crippen molar-refractivity contribution >= 4 is 19.3 Å². The van der Waals surface area contributed by atoms with Crippen molar-refractivity contribution in [2.24, 2.45) is 0 Å². The highest BCUT2D eigenvalue weighted by atomic mass is 16.7. The molecule has 3 aromatic rings. The van der Waals surface area contributed by atoms with Crippen LogP contribution in [0.25, 0.3) is 17.2 Å². The lowest BCUT2D eigenvalue weighted by Crippen LogP contribution is -2.41. The maximum atomic E-state index is 12.9. The fourth-order valence-electron chi connectivity index (χ4n) is 5.17. The Balaban J connectivity index is 1.29. The number of amides is 1. The van der Waals surface area contributed by atoms with Crippen molar-refractivity contribution in [2.45, 2.75) is 51.4 Å². The van der Waals surface area contributed by atoms with Gasteiger partial charge in [-0.2, -0.15) is 0 Å². The molecule has 0 bridgehead atoms. The summed E-state index contributed by atoms with van der Waals surface area (Å²) in [5, 5.41) is 6.10. The molecule has 2 N–H and O–H groups in total. The lowest BCUT2D eigenvalue weighted by atomic mass is 9.77. The van der Waals surface area contributed by atoms with E-state index in [1.807, 2.05) is 65.1 Å². The molecule has 1 saturated heterocycles. The minimum Gasteiger partial charge on any atom is -0.449 e. The van der Waals surface area contributed by atoms with E-state index in [0.29, 0.717) is 0 Å². The number of nitrogens with one attached hydrogen (secondary N) is 2. The van der Waals surface area contributed by atoms with Crippen LogP contribution < -0.4 is 10.6 Å². The van der Waals surface area contributed by atoms with Crippen molar-refractivity contribution in [1.82, 2.24) is 10.6 Å². The summed E-state index contributed by atoms with van der Waals surface area (Å²) in [6, 6.07) is 24.9. The van der Waals surface area contributed by atoms with Crippen molar-refractivity contribution in [2.75, 3.05) is 20.2 Å². The highest BCUT2D eigenvalue weighted by molar-refractivity contribution is 6.56. The van der Waals surface area contributed by atoms with Crippen molar-refractivity contribution in [3.8, 4) is 11.1 Å². The molecule has 1 fully saturated rings. The predicted molar refractivity (Wildman–Crippen MR) is 156 cm³/mol. The van der Waals surface area contributed by atoms with Gasteiger partial charge in [-0.3, -0.25) is 0 Å². The van der Waals surface area contributed by atoms with Gasteiger partial charge in [0.25, 0.3) is 0 Å². The molecule has 0 aromatic heterocycles. The zero-order valence-corrected chi connectivity index (χ0v) is 23.4. The lowest BCUT2D eigenvalue weighted by Gasteiger charge is -2.32. The quantitative estimate of drug-likeness (QED) is 0.356. The van der Waals surface area contributed by atoms with Gasteiger partial charge in [0.15, 0.2) is 0 Å². The second-order valence-electron chi connectivity index (χ2n) is 11.3. The van der Waals surface area contributed by atoms with Gasteiger partial charge in [-0.15, -0.1) is 0 Å². The summed E-state index contributed by atoms with van der Waals surface area (Å²) in [5.41, 5.74) is 6.83. The standard InChI is InChI=1S/C32H37BN2O4/c1-31(2)32(3,4)39-33(38-31)24(18-22-14-16-23(17-15-22)19-34-5)20-35-30(36)37-21-29-27-12-8-6-10-25(27)26-11-7-9-13-28(26)29/h6-18,29,34H,19-21H2,1-5H3,(H,35,36). The topological polar surface area (TPSA) is 68.8 Å². The third-order valence-corrected chi connectivity index (χ3v) is 8.05. The number of hydrogen-bond acceptors (Lipinski definition) is 5. The van der Waals surface area contributed by atoms with E-state index >= 15 is 0 Å². The van der Waals surface area contributed by atoms with Gasteiger partial charge >= 0.3 is 13.2 Å². The smallest absolute Gasteiger partial charge is 0.449 e. The molecule has 0 radical (unpaired) electrons. The molecule has 0 spiro atoms. The molecular weight excluding hydrogens is 487 g/mol. The Morgan fingerprint density at radius 1 is 0.897 bits per heavy atom. The van der Waals surface area contributed by atoms with E-state index in [4.69, 9.17) is 14.0 Å². The SMILES string of the molecule is CNCc1ccc(C=C(CNC(=O)OCC2c3ccccc3-c3ccccc32)B2OC(C)(C)C(C)(C)O2)cc1. The zero-order chi connectivity index (χ0) is 27.6. The van der Waals surface area contributed by atoms with Gasteiger partial charge in [0.2, 0.25) is 0 Å². The average molecular weight is 524 g/mol. The normalized spacial score (nSPS) is 17.6. The number of fused-ring (bicyclic) bond motifs is 3. The molecule has 0 atom stereocenters. The number of benzene rings is 3. The Labute approximate surface area is 231 Å². The van der Waals surface area contributed by atoms with Crippen molar-refractivity contribution in [3.63, 3.8) is 0 Å². The van der Waals surface area contributed by atoms with Crippen LogP contribution in [0.3, 0.4) is 0 Å². The first-order valence-corrected chi connectivity index (χ1v) is 13.6. The van der Waals surface area contributed by atoms with E-state index in [-0.39, 0.29) is 19.1 Å². The number of alkyl carbamates (subject to hydrolysis) is 1. The van der Waals surface area contributed by atoms with Gasteiger partial charge in [-0.05, 0) is 73.6 Å². The van der Waals surface area contributed by atoms with E-state index in [1.54, 1.807) is 0 Å². The Bertz CT molecular complexity index is 1310. The Kier molecular flexibility index (Phi) is 7.67. The molecule has 3 aromatic carbocycles. The fraction of sp³-hybridized carbons (Fsp3) is 0.344. The summed E-state index contributed by atoms with van der Waals surface area (Å²) < 4.78 is 18.4. The van der Waals surface area contributed by atoms with E-state index in [2.05, 4.69) is 59.2 Å². The molecule has 6 nitrogen and oxygen atoms in total. The van der Waals surface area contributed by atoms with Crippen LogP contribution in [-0.2, 0) is 20.6 Å². The molecule has 1 aliphatic heterocycles. The van der Waals surface area contributed by atoms with Crippen LogP contribution in [0.4, 0.5) is 4.79 Å². The van der Waals surface area contributed by atoms with Crippen LogP contribution in [-0.4, -0.2) is 44.6 Å². The van der Waals surface area contributed by atoms with Gasteiger partial charge in [-0.25, -0.2) is 4.79 Å². The molecule has 1 amide bonds. The summed E-state index contributed by atoms with van der Waals surface area (Å²) in [7, 11) is 1.35. The second-order valence-corrected chi connectivity index (χ2v) is 11.3. The monoisotopic (exact) mass is 524 g/mol. The fourth-order valence-corrected chi connectivity index (χ4v) is 5.17. The predicted octanol–water partition coefficient (Wildman–Crippen LogP) is 5.96. The molecule has 5 rings (SSSR count). The third kappa shape index (κ3) is 5.67. The first kappa shape index (κ1) is 27.2. The zero-order valence-electron chi connectivity index (χ0n) is 23.4. The number of carbonyl (C=O) groups excluding carboxylic acids is 1. The maximum absolute atomic E-state index is 12.9. The molecule has 0 unspecified atom stereocenters. The highest BCUT2D eigenvalue weighted by Gasteiger charge is 2.52. The Morgan fingerprint density at radius 2 is 1.46 bits per heavy atom. The minimum absolute atomic E-state index is 0.0115. The number of rotatable bonds is 8. The lowest BCUT2D eigenvalue weighted by molar-refractivity contribution is 0.00578. The molecule has 39 heavy (non-hydrogen) atoms. The molecule has 1 heterocycles. The van der Waals surface area contributed by atoms with Crippen molar-refractivity contribution in [1.29, 1.82) is 0 Å². The summed E-state index contributed by atoms with van der Waals surface area (Å²) in [4.78, 5) is 12.9. The summed E-state index contributed by atoms with van der Waals surface area (Å²) in [6.45, 7) is 9.41. The molecule has 202 valence electrons. The molecular formula is C32H37BN2O4. The minimum atomic E-state index is -0.583. The van der Waals surface area contributed by atoms with Gasteiger partial charge in [0.05, 0.1) is 11.2 Å². The third-order valence-electron chi connectivity index (χ3n) is 8.05. The number of ether oxygens (including phenoxy) is 1. The molecule has 2 aliphatic rings. The summed E-state index contributed by atoms with van der Waals surface area (Å²) in [5.74, 6) is 0.0115. The van der Waals surface area contributed by atoms with E-state index in [1.165, 1.54) is 27.8 Å². The number of hydrogen-bond donors (Lipinski definition) is 2. The van der Waals surface area contributed by atoms with E-state index < -0.39 is 24.4 Å². The average Bonchev–Trinajstić information content (AvgIpc) is 3.35. The highest BCUT2D eigenvalue weighted by Crippen LogP contribution is 2.44. The van der Waals surface area contributed by atoms with E-state index in [0.717, 1.165) is 17.6 Å². The molecule has 0 saturated carbocycles. The first-order chi connectivity index (χ1) is 18.7. The number of carbonyl (C=O) groups is 1. The summed E-state index contributed by atoms with van der Waals surface area (Å²) >= 11 is 0. The van der Waals surface area contributed by atoms with Crippen LogP contribution in [0.2, 0.25) is 0 Å². The van der Waals surface area contributed by atoms with Crippen molar-refractivity contribution in [3.05, 3.63) is 101 Å². The Hall–Kier alpha value is -3.39. The van der Waals surface area contributed by atoms with Crippen LogP contribution in [0.15, 0.2) is 78.3 Å². The van der Waals surface area contributed by atoms with Crippen LogP contribution in [0.5, 0.6) is 0 Å². The van der Waals surface area contributed by atoms with Gasteiger partial charge in [-0.1, -0.05) is 78.9 Å². The second kappa shape index (κ2) is 11.0. The van der Waals surface area contributed by atoms with Crippen LogP contribution in [0.1, 0.15) is 55.9 Å².